The summed E-state index contributed by atoms with van der Waals surface area (Å²) in [7, 11) is 0. The Hall–Kier alpha value is -2.53. The highest BCUT2D eigenvalue weighted by molar-refractivity contribution is 5.39. The Morgan fingerprint density at radius 1 is 1.12 bits per heavy atom. The van der Waals surface area contributed by atoms with Crippen molar-refractivity contribution in [3.05, 3.63) is 82.9 Å². The van der Waals surface area contributed by atoms with Gasteiger partial charge in [0.05, 0.1) is 19.1 Å². The van der Waals surface area contributed by atoms with Crippen LogP contribution in [0, 0.1) is 13.8 Å². The van der Waals surface area contributed by atoms with Crippen LogP contribution in [0.5, 0.6) is 0 Å². The Balaban J connectivity index is 1.89. The Bertz CT molecular complexity index is 814. The van der Waals surface area contributed by atoms with E-state index in [9.17, 15) is 4.39 Å². The predicted octanol–water partition coefficient (Wildman–Crippen LogP) is 3.74. The first-order valence-corrected chi connectivity index (χ1v) is 8.47. The van der Waals surface area contributed by atoms with Crippen molar-refractivity contribution in [1.82, 2.24) is 20.1 Å². The van der Waals surface area contributed by atoms with Crippen molar-refractivity contribution < 1.29 is 4.39 Å². The molecular formula is C20H23FN4. The van der Waals surface area contributed by atoms with E-state index in [2.05, 4.69) is 59.6 Å². The average Bonchev–Trinajstić information content (AvgIpc) is 3.06. The lowest BCUT2D eigenvalue weighted by molar-refractivity contribution is 0.413. The second-order valence-electron chi connectivity index (χ2n) is 6.17. The van der Waals surface area contributed by atoms with Gasteiger partial charge in [-0.15, -0.1) is 0 Å². The van der Waals surface area contributed by atoms with E-state index in [0.29, 0.717) is 6.54 Å². The maximum atomic E-state index is 12.7. The number of hydrogen-bond acceptors (Lipinski definition) is 3. The Morgan fingerprint density at radius 3 is 2.68 bits per heavy atom. The molecule has 1 heterocycles. The van der Waals surface area contributed by atoms with Crippen LogP contribution in [0.25, 0.3) is 0 Å². The van der Waals surface area contributed by atoms with Crippen LogP contribution < -0.4 is 5.32 Å². The fourth-order valence-electron chi connectivity index (χ4n) is 3.01. The second-order valence-corrected chi connectivity index (χ2v) is 6.17. The van der Waals surface area contributed by atoms with Crippen molar-refractivity contribution in [2.75, 3.05) is 6.67 Å². The molecule has 0 spiro atoms. The van der Waals surface area contributed by atoms with Crippen molar-refractivity contribution >= 4 is 0 Å². The highest BCUT2D eigenvalue weighted by Crippen LogP contribution is 2.26. The van der Waals surface area contributed by atoms with E-state index in [-0.39, 0.29) is 12.6 Å². The SMILES string of the molecule is Cc1ccc(C)c([C@@H](NCc2ncnn2CCF)c2ccccc2)c1. The number of aryl methyl sites for hydroxylation is 3. The lowest BCUT2D eigenvalue weighted by Crippen LogP contribution is -2.25. The number of nitrogens with one attached hydrogen (secondary N) is 1. The Morgan fingerprint density at radius 2 is 1.92 bits per heavy atom. The number of benzene rings is 2. The number of alkyl halides is 1. The van der Waals surface area contributed by atoms with Gasteiger partial charge in [-0.1, -0.05) is 54.1 Å². The third-order valence-corrected chi connectivity index (χ3v) is 4.33. The van der Waals surface area contributed by atoms with E-state index in [1.165, 1.54) is 28.6 Å². The zero-order valence-corrected chi connectivity index (χ0v) is 14.6. The van der Waals surface area contributed by atoms with Crippen molar-refractivity contribution in [2.45, 2.75) is 33.0 Å². The summed E-state index contributed by atoms with van der Waals surface area (Å²) in [6.45, 7) is 4.53. The van der Waals surface area contributed by atoms with E-state index in [1.807, 2.05) is 18.2 Å². The van der Waals surface area contributed by atoms with Gasteiger partial charge in [0.1, 0.15) is 18.8 Å². The van der Waals surface area contributed by atoms with E-state index >= 15 is 0 Å². The Kier molecular flexibility index (Phi) is 5.56. The molecule has 1 N–H and O–H groups in total. The van der Waals surface area contributed by atoms with Crippen LogP contribution in [-0.2, 0) is 13.1 Å². The first-order valence-electron chi connectivity index (χ1n) is 8.47. The number of rotatable bonds is 7. The Labute approximate surface area is 147 Å². The summed E-state index contributed by atoms with van der Waals surface area (Å²) in [6.07, 6.45) is 1.47. The fourth-order valence-corrected chi connectivity index (χ4v) is 3.01. The van der Waals surface area contributed by atoms with Crippen LogP contribution in [0.2, 0.25) is 0 Å². The molecule has 0 fully saturated rings. The van der Waals surface area contributed by atoms with E-state index < -0.39 is 6.67 Å². The first-order chi connectivity index (χ1) is 12.2. The van der Waals surface area contributed by atoms with Gasteiger partial charge in [-0.05, 0) is 30.5 Å². The molecule has 0 unspecified atom stereocenters. The largest absolute Gasteiger partial charge is 0.299 e. The highest BCUT2D eigenvalue weighted by atomic mass is 19.1. The summed E-state index contributed by atoms with van der Waals surface area (Å²) >= 11 is 0. The molecule has 130 valence electrons. The van der Waals surface area contributed by atoms with Crippen molar-refractivity contribution in [1.29, 1.82) is 0 Å². The smallest absolute Gasteiger partial charge is 0.140 e. The molecule has 0 aliphatic rings. The normalized spacial score (nSPS) is 12.3. The van der Waals surface area contributed by atoms with E-state index in [0.717, 1.165) is 5.82 Å². The molecule has 25 heavy (non-hydrogen) atoms. The van der Waals surface area contributed by atoms with Crippen LogP contribution in [-0.4, -0.2) is 21.4 Å². The van der Waals surface area contributed by atoms with Gasteiger partial charge in [0.15, 0.2) is 0 Å². The maximum Gasteiger partial charge on any atom is 0.140 e. The number of halogens is 1. The molecule has 1 atom stereocenters. The minimum atomic E-state index is -0.449. The van der Waals surface area contributed by atoms with Gasteiger partial charge >= 0.3 is 0 Å². The summed E-state index contributed by atoms with van der Waals surface area (Å²) in [5, 5.41) is 7.66. The summed E-state index contributed by atoms with van der Waals surface area (Å²) in [5.74, 6) is 0.740. The predicted molar refractivity (Wildman–Crippen MR) is 97.0 cm³/mol. The zero-order chi connectivity index (χ0) is 17.6. The van der Waals surface area contributed by atoms with Crippen LogP contribution >= 0.6 is 0 Å². The topological polar surface area (TPSA) is 42.7 Å². The van der Waals surface area contributed by atoms with Gasteiger partial charge in [-0.25, -0.2) is 14.1 Å². The van der Waals surface area contributed by atoms with Gasteiger partial charge in [0.2, 0.25) is 0 Å². The number of nitrogens with zero attached hydrogens (tertiary/aromatic N) is 3. The van der Waals surface area contributed by atoms with E-state index in [4.69, 9.17) is 0 Å². The van der Waals surface area contributed by atoms with Crippen LogP contribution in [0.3, 0.4) is 0 Å². The van der Waals surface area contributed by atoms with Gasteiger partial charge in [-0.3, -0.25) is 5.32 Å². The molecule has 4 nitrogen and oxygen atoms in total. The zero-order valence-electron chi connectivity index (χ0n) is 14.6. The summed E-state index contributed by atoms with van der Waals surface area (Å²) < 4.78 is 14.3. The minimum absolute atomic E-state index is 0.0385. The molecule has 0 saturated carbocycles. The van der Waals surface area contributed by atoms with E-state index in [1.54, 1.807) is 4.68 Å². The molecular weight excluding hydrogens is 315 g/mol. The fraction of sp³-hybridized carbons (Fsp3) is 0.300. The summed E-state index contributed by atoms with van der Waals surface area (Å²) in [4.78, 5) is 4.26. The number of hydrogen-bond donors (Lipinski definition) is 1. The minimum Gasteiger partial charge on any atom is -0.299 e. The quantitative estimate of drug-likeness (QED) is 0.713. The molecule has 0 saturated heterocycles. The molecule has 2 aromatic carbocycles. The lowest BCUT2D eigenvalue weighted by atomic mass is 9.93. The molecule has 1 aromatic heterocycles. The van der Waals surface area contributed by atoms with Crippen LogP contribution in [0.1, 0.15) is 34.1 Å². The lowest BCUT2D eigenvalue weighted by Gasteiger charge is -2.22. The van der Waals surface area contributed by atoms with Crippen molar-refractivity contribution in [2.24, 2.45) is 0 Å². The second kappa shape index (κ2) is 8.03. The van der Waals surface area contributed by atoms with Gasteiger partial charge in [0, 0.05) is 0 Å². The maximum absolute atomic E-state index is 12.7. The molecule has 5 heteroatoms. The van der Waals surface area contributed by atoms with Crippen molar-refractivity contribution in [3.8, 4) is 0 Å². The van der Waals surface area contributed by atoms with Gasteiger partial charge in [0.25, 0.3) is 0 Å². The summed E-state index contributed by atoms with van der Waals surface area (Å²) in [5.41, 5.74) is 4.89. The molecule has 3 aromatic rings. The average molecular weight is 338 g/mol. The standard InChI is InChI=1S/C20H23FN4/c1-15-8-9-16(2)18(12-15)20(17-6-4-3-5-7-17)22-13-19-23-14-24-25(19)11-10-21/h3-9,12,14,20,22H,10-11,13H2,1-2H3/t20-/m0/s1. The molecule has 0 aliphatic carbocycles. The molecule has 0 bridgehead atoms. The van der Waals surface area contributed by atoms with Crippen molar-refractivity contribution in [3.63, 3.8) is 0 Å². The van der Waals surface area contributed by atoms with Gasteiger partial charge < -0.3 is 0 Å². The van der Waals surface area contributed by atoms with Crippen LogP contribution in [0.4, 0.5) is 4.39 Å². The van der Waals surface area contributed by atoms with Gasteiger partial charge in [-0.2, -0.15) is 5.10 Å². The first kappa shape index (κ1) is 17.3. The highest BCUT2D eigenvalue weighted by Gasteiger charge is 2.17. The van der Waals surface area contributed by atoms with Crippen LogP contribution in [0.15, 0.2) is 54.9 Å². The molecule has 0 aliphatic heterocycles. The monoisotopic (exact) mass is 338 g/mol. The molecule has 0 radical (unpaired) electrons. The third kappa shape index (κ3) is 4.12. The third-order valence-electron chi connectivity index (χ3n) is 4.33. The molecule has 3 rings (SSSR count). The number of aromatic nitrogens is 3. The summed E-state index contributed by atoms with van der Waals surface area (Å²) in [6, 6.07) is 16.9. The molecule has 0 amide bonds.